The number of halogens is 1. The Kier molecular flexibility index (Phi) is 2.19. The van der Waals surface area contributed by atoms with E-state index in [-0.39, 0.29) is 0 Å². The Balaban J connectivity index is 2.15. The quantitative estimate of drug-likeness (QED) is 0.585. The lowest BCUT2D eigenvalue weighted by Gasteiger charge is -2.01. The lowest BCUT2D eigenvalue weighted by atomic mass is 10.2. The molecule has 0 spiro atoms. The largest absolute Gasteiger partial charge is 0.323 e. The molecule has 0 N–H and O–H groups in total. The Hall–Kier alpha value is -1.73. The van der Waals surface area contributed by atoms with E-state index in [1.807, 2.05) is 24.3 Å². The summed E-state index contributed by atoms with van der Waals surface area (Å²) in [5, 5.41) is 3.26. The fraction of sp³-hybridized carbons (Fsp3) is 0. The predicted octanol–water partition coefficient (Wildman–Crippen LogP) is 4.28. The van der Waals surface area contributed by atoms with E-state index in [1.165, 1.54) is 10.8 Å². The van der Waals surface area contributed by atoms with Gasteiger partial charge in [-0.3, -0.25) is 0 Å². The van der Waals surface area contributed by atoms with Gasteiger partial charge in [-0.15, -0.1) is 0 Å². The molecule has 0 unspecified atom stereocenters. The average molecular weight is 228 g/mol. The molecule has 0 amide bonds. The van der Waals surface area contributed by atoms with Gasteiger partial charge in [0.05, 0.1) is 0 Å². The SMILES string of the molecule is Clc1ccc(-n2cc3ccccc3c2)cc1. The van der Waals surface area contributed by atoms with E-state index in [2.05, 4.69) is 41.2 Å². The zero-order valence-corrected chi connectivity index (χ0v) is 9.35. The highest BCUT2D eigenvalue weighted by Gasteiger charge is 1.99. The van der Waals surface area contributed by atoms with Crippen LogP contribution in [0.2, 0.25) is 5.02 Å². The van der Waals surface area contributed by atoms with Crippen molar-refractivity contribution in [3.63, 3.8) is 0 Å². The third-order valence-electron chi connectivity index (χ3n) is 2.68. The van der Waals surface area contributed by atoms with Gasteiger partial charge in [-0.05, 0) is 35.0 Å². The summed E-state index contributed by atoms with van der Waals surface area (Å²) >= 11 is 5.87. The van der Waals surface area contributed by atoms with Crippen LogP contribution in [0.15, 0.2) is 60.9 Å². The number of hydrogen-bond acceptors (Lipinski definition) is 0. The molecule has 0 aliphatic carbocycles. The normalized spacial score (nSPS) is 10.8. The molecule has 0 aliphatic rings. The first-order chi connectivity index (χ1) is 7.83. The average Bonchev–Trinajstić information content (AvgIpc) is 2.73. The van der Waals surface area contributed by atoms with Crippen molar-refractivity contribution in [2.75, 3.05) is 0 Å². The van der Waals surface area contributed by atoms with Gasteiger partial charge >= 0.3 is 0 Å². The van der Waals surface area contributed by atoms with E-state index >= 15 is 0 Å². The fourth-order valence-corrected chi connectivity index (χ4v) is 1.97. The monoisotopic (exact) mass is 227 g/mol. The van der Waals surface area contributed by atoms with E-state index in [0.717, 1.165) is 10.7 Å². The molecular weight excluding hydrogens is 218 g/mol. The second kappa shape index (κ2) is 3.69. The Morgan fingerprint density at radius 3 is 1.88 bits per heavy atom. The first-order valence-electron chi connectivity index (χ1n) is 5.16. The first-order valence-corrected chi connectivity index (χ1v) is 5.53. The Bertz CT molecular complexity index is 590. The molecule has 0 saturated heterocycles. The van der Waals surface area contributed by atoms with Gasteiger partial charge in [0.15, 0.2) is 0 Å². The van der Waals surface area contributed by atoms with E-state index in [0.29, 0.717) is 0 Å². The van der Waals surface area contributed by atoms with Crippen molar-refractivity contribution in [1.82, 2.24) is 4.57 Å². The number of aromatic nitrogens is 1. The molecule has 1 aromatic heterocycles. The van der Waals surface area contributed by atoms with Gasteiger partial charge in [0.2, 0.25) is 0 Å². The van der Waals surface area contributed by atoms with Crippen LogP contribution >= 0.6 is 11.6 Å². The summed E-state index contributed by atoms with van der Waals surface area (Å²) in [6, 6.07) is 16.2. The van der Waals surface area contributed by atoms with Crippen molar-refractivity contribution >= 4 is 22.4 Å². The lowest BCUT2D eigenvalue weighted by molar-refractivity contribution is 1.09. The van der Waals surface area contributed by atoms with Crippen LogP contribution in [0.3, 0.4) is 0 Å². The highest BCUT2D eigenvalue weighted by Crippen LogP contribution is 2.19. The van der Waals surface area contributed by atoms with Gasteiger partial charge in [0.25, 0.3) is 0 Å². The number of fused-ring (bicyclic) bond motifs is 1. The maximum atomic E-state index is 5.87. The molecule has 1 heterocycles. The summed E-state index contributed by atoms with van der Waals surface area (Å²) in [4.78, 5) is 0. The number of benzene rings is 2. The summed E-state index contributed by atoms with van der Waals surface area (Å²) in [6.07, 6.45) is 4.25. The van der Waals surface area contributed by atoms with Crippen LogP contribution < -0.4 is 0 Å². The van der Waals surface area contributed by atoms with Crippen molar-refractivity contribution in [2.45, 2.75) is 0 Å². The zero-order chi connectivity index (χ0) is 11.0. The molecule has 0 aliphatic heterocycles. The molecule has 1 nitrogen and oxygen atoms in total. The van der Waals surface area contributed by atoms with Crippen LogP contribution in [0.5, 0.6) is 0 Å². The van der Waals surface area contributed by atoms with Gasteiger partial charge in [-0.1, -0.05) is 35.9 Å². The Morgan fingerprint density at radius 2 is 1.31 bits per heavy atom. The van der Waals surface area contributed by atoms with Crippen LogP contribution in [0, 0.1) is 0 Å². The van der Waals surface area contributed by atoms with E-state index in [4.69, 9.17) is 11.6 Å². The second-order valence-electron chi connectivity index (χ2n) is 3.77. The third-order valence-corrected chi connectivity index (χ3v) is 2.93. The number of hydrogen-bond donors (Lipinski definition) is 0. The molecule has 16 heavy (non-hydrogen) atoms. The van der Waals surface area contributed by atoms with Gasteiger partial charge < -0.3 is 4.57 Å². The van der Waals surface area contributed by atoms with E-state index < -0.39 is 0 Å². The summed E-state index contributed by atoms with van der Waals surface area (Å²) in [5.41, 5.74) is 1.13. The van der Waals surface area contributed by atoms with Gasteiger partial charge in [0, 0.05) is 23.1 Å². The third kappa shape index (κ3) is 1.59. The Morgan fingerprint density at radius 1 is 0.750 bits per heavy atom. The minimum Gasteiger partial charge on any atom is -0.323 e. The molecule has 2 heteroatoms. The Labute approximate surface area is 98.9 Å². The van der Waals surface area contributed by atoms with E-state index in [9.17, 15) is 0 Å². The van der Waals surface area contributed by atoms with Crippen LogP contribution in [0.4, 0.5) is 0 Å². The van der Waals surface area contributed by atoms with Crippen molar-refractivity contribution in [2.24, 2.45) is 0 Å². The van der Waals surface area contributed by atoms with Crippen molar-refractivity contribution in [3.8, 4) is 5.69 Å². The minimum atomic E-state index is 0.764. The molecule has 3 aromatic rings. The molecule has 2 aromatic carbocycles. The topological polar surface area (TPSA) is 4.93 Å². The lowest BCUT2D eigenvalue weighted by Crippen LogP contribution is -1.87. The summed E-state index contributed by atoms with van der Waals surface area (Å²) in [6.45, 7) is 0. The molecule has 3 rings (SSSR count). The maximum absolute atomic E-state index is 5.87. The van der Waals surface area contributed by atoms with E-state index in [1.54, 1.807) is 0 Å². The summed E-state index contributed by atoms with van der Waals surface area (Å²) in [5.74, 6) is 0. The molecule has 0 bridgehead atoms. The molecule has 0 atom stereocenters. The van der Waals surface area contributed by atoms with Crippen LogP contribution in [-0.4, -0.2) is 4.57 Å². The summed E-state index contributed by atoms with van der Waals surface area (Å²) in [7, 11) is 0. The molecule has 0 saturated carbocycles. The smallest absolute Gasteiger partial charge is 0.0450 e. The molecule has 0 radical (unpaired) electrons. The van der Waals surface area contributed by atoms with Crippen LogP contribution in [-0.2, 0) is 0 Å². The highest BCUT2D eigenvalue weighted by atomic mass is 35.5. The van der Waals surface area contributed by atoms with Gasteiger partial charge in [0.1, 0.15) is 0 Å². The second-order valence-corrected chi connectivity index (χ2v) is 4.21. The van der Waals surface area contributed by atoms with Crippen molar-refractivity contribution in [1.29, 1.82) is 0 Å². The van der Waals surface area contributed by atoms with Gasteiger partial charge in [-0.2, -0.15) is 0 Å². The number of rotatable bonds is 1. The van der Waals surface area contributed by atoms with Gasteiger partial charge in [-0.25, -0.2) is 0 Å². The standard InChI is InChI=1S/C14H10ClN/c15-13-5-7-14(8-6-13)16-9-11-3-1-2-4-12(11)10-16/h1-10H. The van der Waals surface area contributed by atoms with Crippen molar-refractivity contribution in [3.05, 3.63) is 65.9 Å². The maximum Gasteiger partial charge on any atom is 0.0450 e. The van der Waals surface area contributed by atoms with Crippen LogP contribution in [0.25, 0.3) is 16.5 Å². The molecular formula is C14H10ClN. The van der Waals surface area contributed by atoms with Crippen molar-refractivity contribution < 1.29 is 0 Å². The minimum absolute atomic E-state index is 0.764. The summed E-state index contributed by atoms with van der Waals surface area (Å²) < 4.78 is 2.11. The molecule has 0 fully saturated rings. The fourth-order valence-electron chi connectivity index (χ4n) is 1.85. The zero-order valence-electron chi connectivity index (χ0n) is 8.60. The van der Waals surface area contributed by atoms with Crippen LogP contribution in [0.1, 0.15) is 0 Å². The predicted molar refractivity (Wildman–Crippen MR) is 68.3 cm³/mol. The molecule has 78 valence electrons. The highest BCUT2D eigenvalue weighted by molar-refractivity contribution is 6.30. The number of nitrogens with zero attached hydrogens (tertiary/aromatic N) is 1. The first kappa shape index (κ1) is 9.49.